The summed E-state index contributed by atoms with van der Waals surface area (Å²) in [5.41, 5.74) is 4.74. The van der Waals surface area contributed by atoms with Crippen molar-refractivity contribution in [3.63, 3.8) is 0 Å². The van der Waals surface area contributed by atoms with Gasteiger partial charge in [-0.3, -0.25) is 38.7 Å². The number of carbonyl (C=O) groups is 6. The second-order valence-electron chi connectivity index (χ2n) is 15.8. The van der Waals surface area contributed by atoms with Crippen molar-refractivity contribution in [1.82, 2.24) is 30.7 Å². The molecule has 0 aromatic carbocycles. The second kappa shape index (κ2) is 28.9. The van der Waals surface area contributed by atoms with Crippen molar-refractivity contribution in [3.05, 3.63) is 0 Å². The van der Waals surface area contributed by atoms with Crippen LogP contribution in [0.4, 0.5) is 0 Å². The zero-order valence-electron chi connectivity index (χ0n) is 36.6. The monoisotopic (exact) mass is 832 g/mol. The average molecular weight is 832 g/mol. The van der Waals surface area contributed by atoms with Gasteiger partial charge in [0.15, 0.2) is 11.6 Å². The van der Waals surface area contributed by atoms with Crippen molar-refractivity contribution in [2.24, 2.45) is 5.73 Å². The summed E-state index contributed by atoms with van der Waals surface area (Å²) in [7, 11) is 7.62. The molecule has 0 spiro atoms. The summed E-state index contributed by atoms with van der Waals surface area (Å²) >= 11 is 0. The van der Waals surface area contributed by atoms with Crippen LogP contribution in [-0.2, 0) is 47.7 Å². The molecular weight excluding hydrogens is 756 g/mol. The van der Waals surface area contributed by atoms with Crippen LogP contribution in [0.2, 0.25) is 0 Å². The van der Waals surface area contributed by atoms with E-state index in [9.17, 15) is 28.8 Å². The summed E-state index contributed by atoms with van der Waals surface area (Å²) < 4.78 is 24.3. The summed E-state index contributed by atoms with van der Waals surface area (Å²) in [5, 5.41) is 8.73. The Morgan fingerprint density at radius 3 is 1.82 bits per heavy atom. The Morgan fingerprint density at radius 2 is 1.28 bits per heavy atom. The van der Waals surface area contributed by atoms with Crippen LogP contribution >= 0.6 is 9.12 Å². The molecule has 0 bridgehead atoms. The molecule has 0 aromatic rings. The highest BCUT2D eigenvalue weighted by Crippen LogP contribution is 2.27. The predicted octanol–water partition coefficient (Wildman–Crippen LogP) is 0.0268. The first-order valence-corrected chi connectivity index (χ1v) is 20.9. The fraction of sp³-hybridized carbons (Fsp3) is 0.842. The molecule has 0 heterocycles. The van der Waals surface area contributed by atoms with E-state index >= 15 is 0 Å². The van der Waals surface area contributed by atoms with Crippen LogP contribution in [0.5, 0.6) is 0 Å². The van der Waals surface area contributed by atoms with Gasteiger partial charge in [0.1, 0.15) is 0 Å². The van der Waals surface area contributed by atoms with Crippen molar-refractivity contribution in [2.75, 3.05) is 99.9 Å². The first-order valence-electron chi connectivity index (χ1n) is 20.1. The Balaban J connectivity index is 5.57. The van der Waals surface area contributed by atoms with E-state index in [2.05, 4.69) is 25.1 Å². The van der Waals surface area contributed by atoms with Gasteiger partial charge in [0, 0.05) is 45.6 Å². The lowest BCUT2D eigenvalue weighted by Gasteiger charge is -2.37. The molecule has 3 unspecified atom stereocenters. The number of nitrogens with one attached hydrogen (secondary N) is 3. The van der Waals surface area contributed by atoms with E-state index in [1.165, 1.54) is 0 Å². The third kappa shape index (κ3) is 27.1. The Bertz CT molecular complexity index is 1180. The summed E-state index contributed by atoms with van der Waals surface area (Å²) in [6.07, 6.45) is -0.879. The lowest BCUT2D eigenvalue weighted by molar-refractivity contribution is -0.250. The van der Waals surface area contributed by atoms with Crippen molar-refractivity contribution in [2.45, 2.75) is 110 Å². The van der Waals surface area contributed by atoms with E-state index in [1.54, 1.807) is 35.8 Å². The Hall–Kier alpha value is -2.41. The largest absolute Gasteiger partial charge is 0.431 e. The Labute approximate surface area is 344 Å². The summed E-state index contributed by atoms with van der Waals surface area (Å²) in [6, 6.07) is 0. The van der Waals surface area contributed by atoms with Crippen LogP contribution < -0.4 is 21.7 Å². The number of likely N-dealkylation sites (N-methyl/N-ethyl adjacent to an activating group) is 4. The van der Waals surface area contributed by atoms with Crippen LogP contribution in [-0.4, -0.2) is 180 Å². The minimum absolute atomic E-state index is 0.0433. The highest BCUT2D eigenvalue weighted by atomic mass is 31.0. The number of Topliss-reactive ketones (excluding diaryl/α,β-unsaturated/α-hetero) is 2. The van der Waals surface area contributed by atoms with E-state index in [0.717, 1.165) is 0 Å². The number of hydrogen-bond donors (Lipinski definition) is 4. The summed E-state index contributed by atoms with van der Waals surface area (Å²) in [4.78, 5) is 82.5. The number of amides is 2. The SMILES string of the molecule is CCNCC(CNC(=O)CCC(=O)NCCOC(C)(C)CCOC(C)(C)CC(=O)BP)OC(CC(=O)CN(C)CC)(CC(=O)CN(C)CN)OC(=O)CN(C)CC. The van der Waals surface area contributed by atoms with Gasteiger partial charge in [-0.15, -0.1) is 0 Å². The molecule has 0 saturated heterocycles. The molecule has 3 atom stereocenters. The van der Waals surface area contributed by atoms with Gasteiger partial charge >= 0.3 is 5.97 Å². The lowest BCUT2D eigenvalue weighted by atomic mass is 9.89. The molecule has 0 rings (SSSR count). The first-order chi connectivity index (χ1) is 26.6. The average Bonchev–Trinajstić information content (AvgIpc) is 3.12. The molecule has 17 nitrogen and oxygen atoms in total. The summed E-state index contributed by atoms with van der Waals surface area (Å²) in [5.74, 6) is -4.01. The highest BCUT2D eigenvalue weighted by Gasteiger charge is 2.43. The molecule has 5 N–H and O–H groups in total. The van der Waals surface area contributed by atoms with Gasteiger partial charge in [-0.25, -0.2) is 0 Å². The number of esters is 1. The van der Waals surface area contributed by atoms with Crippen molar-refractivity contribution < 1.29 is 47.7 Å². The van der Waals surface area contributed by atoms with Gasteiger partial charge in [0.05, 0.1) is 68.7 Å². The van der Waals surface area contributed by atoms with Crippen LogP contribution in [0.1, 0.15) is 87.0 Å². The van der Waals surface area contributed by atoms with Gasteiger partial charge in [-0.2, -0.15) is 9.12 Å². The number of nitrogens with two attached hydrogens (primary N) is 1. The van der Waals surface area contributed by atoms with Crippen LogP contribution in [0.15, 0.2) is 0 Å². The molecule has 0 aliphatic carbocycles. The minimum Gasteiger partial charge on any atom is -0.431 e. The third-order valence-electron chi connectivity index (χ3n) is 8.99. The number of carbonyl (C=O) groups excluding carboxylic acids is 6. The number of hydrogen-bond acceptors (Lipinski definition) is 15. The number of nitrogens with zero attached hydrogens (tertiary/aromatic N) is 3. The van der Waals surface area contributed by atoms with Crippen molar-refractivity contribution >= 4 is 51.2 Å². The highest BCUT2D eigenvalue weighted by molar-refractivity contribution is 7.62. The molecule has 0 aliphatic rings. The molecule has 0 radical (unpaired) electrons. The van der Waals surface area contributed by atoms with Crippen LogP contribution in [0.3, 0.4) is 0 Å². The molecule has 330 valence electrons. The topological polar surface area (TPSA) is 211 Å². The lowest BCUT2D eigenvalue weighted by Crippen LogP contribution is -2.52. The van der Waals surface area contributed by atoms with E-state index < -0.39 is 41.4 Å². The quantitative estimate of drug-likeness (QED) is 0.0218. The van der Waals surface area contributed by atoms with E-state index in [-0.39, 0.29) is 95.0 Å². The van der Waals surface area contributed by atoms with Gasteiger partial charge < -0.3 is 45.4 Å². The Kier molecular flexibility index (Phi) is 27.7. The number of ether oxygens (including phenoxy) is 4. The van der Waals surface area contributed by atoms with Gasteiger partial charge in [-0.1, -0.05) is 20.8 Å². The van der Waals surface area contributed by atoms with Crippen molar-refractivity contribution in [1.29, 1.82) is 0 Å². The minimum atomic E-state index is -1.96. The van der Waals surface area contributed by atoms with E-state index in [4.69, 9.17) is 24.7 Å². The number of ketones is 2. The van der Waals surface area contributed by atoms with E-state index in [1.807, 2.05) is 48.5 Å². The van der Waals surface area contributed by atoms with Gasteiger partial charge in [-0.05, 0) is 74.9 Å². The molecule has 57 heavy (non-hydrogen) atoms. The van der Waals surface area contributed by atoms with Gasteiger partial charge in [0.2, 0.25) is 24.6 Å². The standard InChI is InChI=1S/C38H75BN7O10P/c1-11-41-23-31(24-43-34(51)15-14-33(50)42-17-19-54-36(4,5)16-18-53-37(6,7)22-32(49)39-57)55-38(20-29(47)25-44(8)12-2,21-30(48)26-46(10)28-40)56-35(52)27-45(9)13-3/h31,39,41H,11-28,40,57H2,1-10H3,(H,42,50)(H,43,51). The zero-order chi connectivity index (χ0) is 43.7. The maximum atomic E-state index is 13.4. The molecule has 19 heteroatoms. The molecule has 0 fully saturated rings. The van der Waals surface area contributed by atoms with Crippen LogP contribution in [0.25, 0.3) is 0 Å². The first kappa shape index (κ1) is 54.6. The fourth-order valence-electron chi connectivity index (χ4n) is 5.46. The molecule has 0 aromatic heterocycles. The maximum absolute atomic E-state index is 13.4. The normalized spacial score (nSPS) is 13.7. The fourth-order valence-corrected chi connectivity index (χ4v) is 5.61. The molecule has 0 saturated carbocycles. The van der Waals surface area contributed by atoms with E-state index in [0.29, 0.717) is 46.1 Å². The van der Waals surface area contributed by atoms with Crippen LogP contribution in [0, 0.1) is 0 Å². The van der Waals surface area contributed by atoms with Crippen molar-refractivity contribution in [3.8, 4) is 0 Å². The third-order valence-corrected chi connectivity index (χ3v) is 9.45. The number of rotatable bonds is 35. The summed E-state index contributed by atoms with van der Waals surface area (Å²) in [6.45, 7) is 16.4. The second-order valence-corrected chi connectivity index (χ2v) is 16.2. The zero-order valence-corrected chi connectivity index (χ0v) is 37.7. The molecular formula is C38H75BN7O10P. The smallest absolute Gasteiger partial charge is 0.322 e. The molecule has 2 amide bonds. The maximum Gasteiger partial charge on any atom is 0.322 e. The predicted molar refractivity (Wildman–Crippen MR) is 226 cm³/mol. The van der Waals surface area contributed by atoms with Gasteiger partial charge in [0.25, 0.3) is 0 Å². The molecule has 0 aliphatic heterocycles. The Morgan fingerprint density at radius 1 is 0.737 bits per heavy atom.